The maximum absolute atomic E-state index is 12.3. The van der Waals surface area contributed by atoms with E-state index in [0.717, 1.165) is 0 Å². The fourth-order valence-corrected chi connectivity index (χ4v) is 2.11. The second kappa shape index (κ2) is 12.5. The molecule has 0 saturated heterocycles. The Hall–Kier alpha value is -1.81. The molecule has 145 valence electrons. The summed E-state index contributed by atoms with van der Waals surface area (Å²) in [6.45, 7) is 0.479. The van der Waals surface area contributed by atoms with Crippen molar-refractivity contribution in [2.24, 2.45) is 11.5 Å². The Kier molecular flexibility index (Phi) is 11.6. The van der Waals surface area contributed by atoms with Gasteiger partial charge < -0.3 is 47.4 Å². The van der Waals surface area contributed by atoms with Crippen LogP contribution in [-0.2, 0) is 31.5 Å². The summed E-state index contributed by atoms with van der Waals surface area (Å²) < 4.78 is 0. The molecule has 0 aromatic rings. The zero-order chi connectivity index (χ0) is 17.9. The minimum atomic E-state index is -1.39. The standard InChI is InChI=1S/C14H25N6O4.Cu/c15-4-2-1-3-10(14(23)24)20-13(22)11(19-12(21)6-16)5-9-7-17-8-18-9;/h7,10-11,17H,1-6,8,15-16H2,(H3,19,20,21,22,23,24);/q-1;+2/p-2/t10-,11-;/m0./s1. The number of carbonyl (C=O) groups is 3. The van der Waals surface area contributed by atoms with Gasteiger partial charge in [-0.25, -0.2) is 0 Å². The van der Waals surface area contributed by atoms with Gasteiger partial charge in [0.15, 0.2) is 0 Å². The largest absolute Gasteiger partial charge is 2.00 e. The number of rotatable bonds is 11. The number of nitrogens with two attached hydrogens (primary N) is 2. The smallest absolute Gasteiger partial charge is 0.670 e. The molecule has 10 nitrogen and oxygen atoms in total. The third-order valence-electron chi connectivity index (χ3n) is 3.37. The van der Waals surface area contributed by atoms with Gasteiger partial charge in [0, 0.05) is 6.54 Å². The fraction of sp³-hybridized carbons (Fsp3) is 0.643. The molecule has 0 unspecified atom stereocenters. The van der Waals surface area contributed by atoms with E-state index < -0.39 is 29.9 Å². The zero-order valence-electron chi connectivity index (χ0n) is 13.7. The molecule has 2 amide bonds. The number of unbranched alkanes of at least 4 members (excludes halogenated alkanes) is 1. The fourth-order valence-electron chi connectivity index (χ4n) is 2.11. The maximum atomic E-state index is 12.3. The normalized spacial score (nSPS) is 14.9. The second-order valence-corrected chi connectivity index (χ2v) is 5.27. The summed E-state index contributed by atoms with van der Waals surface area (Å²) in [4.78, 5) is 34.9. The number of carboxylic acids is 1. The van der Waals surface area contributed by atoms with E-state index >= 15 is 0 Å². The van der Waals surface area contributed by atoms with Gasteiger partial charge in [-0.05, 0) is 38.0 Å². The minimum Gasteiger partial charge on any atom is -0.670 e. The molecule has 11 heteroatoms. The predicted octanol–water partition coefficient (Wildman–Crippen LogP) is -2.26. The molecule has 0 aliphatic carbocycles. The molecular weight excluding hydrogens is 380 g/mol. The summed E-state index contributed by atoms with van der Waals surface area (Å²) in [6.07, 6.45) is 3.05. The van der Waals surface area contributed by atoms with Crippen LogP contribution in [0.1, 0.15) is 25.7 Å². The Morgan fingerprint density at radius 2 is 2.08 bits per heavy atom. The van der Waals surface area contributed by atoms with Crippen molar-refractivity contribution in [1.82, 2.24) is 10.6 Å². The van der Waals surface area contributed by atoms with Crippen LogP contribution >= 0.6 is 0 Å². The first-order chi connectivity index (χ1) is 11.5. The topological polar surface area (TPSA) is 179 Å². The van der Waals surface area contributed by atoms with Gasteiger partial charge in [0.05, 0.1) is 17.9 Å². The summed E-state index contributed by atoms with van der Waals surface area (Å²) in [5.41, 5.74) is 11.1. The van der Waals surface area contributed by atoms with Crippen molar-refractivity contribution in [2.75, 3.05) is 19.8 Å². The number of hydrogen-bond donors (Lipinski definition) is 4. The number of carbonyl (C=O) groups excluding carboxylic acids is 3. The molecule has 0 aromatic carbocycles. The predicted molar refractivity (Wildman–Crippen MR) is 85.1 cm³/mol. The van der Waals surface area contributed by atoms with Crippen LogP contribution in [0.4, 0.5) is 0 Å². The van der Waals surface area contributed by atoms with Gasteiger partial charge in [-0.15, -0.1) is 5.70 Å². The molecule has 0 spiro atoms. The van der Waals surface area contributed by atoms with Crippen molar-refractivity contribution in [3.63, 3.8) is 0 Å². The van der Waals surface area contributed by atoms with Crippen LogP contribution < -0.4 is 27.2 Å². The Morgan fingerprint density at radius 1 is 1.36 bits per heavy atom. The van der Waals surface area contributed by atoms with Gasteiger partial charge in [-0.2, -0.15) is 0 Å². The van der Waals surface area contributed by atoms with Gasteiger partial charge in [0.25, 0.3) is 0 Å². The van der Waals surface area contributed by atoms with E-state index in [4.69, 9.17) is 11.5 Å². The third kappa shape index (κ3) is 8.73. The number of amides is 2. The SMILES string of the molecule is NCCCC[C@H](NC(=O)[C@H](CC1=CNC[N-]1)[N-]C(=O)CN)C(=O)[O-].[Cu+2]. The molecule has 25 heavy (non-hydrogen) atoms. The Morgan fingerprint density at radius 3 is 2.60 bits per heavy atom. The number of aliphatic carboxylic acids is 1. The first kappa shape index (κ1) is 23.2. The van der Waals surface area contributed by atoms with Crippen LogP contribution in [0.5, 0.6) is 0 Å². The third-order valence-corrected chi connectivity index (χ3v) is 3.37. The molecule has 0 saturated carbocycles. The van der Waals surface area contributed by atoms with Gasteiger partial charge in [-0.1, -0.05) is 13.1 Å². The van der Waals surface area contributed by atoms with Crippen LogP contribution in [0.25, 0.3) is 10.6 Å². The molecule has 1 aliphatic rings. The molecule has 1 heterocycles. The second-order valence-electron chi connectivity index (χ2n) is 5.27. The average Bonchev–Trinajstić information content (AvgIpc) is 3.06. The van der Waals surface area contributed by atoms with Crippen LogP contribution in [0.2, 0.25) is 0 Å². The average molecular weight is 403 g/mol. The monoisotopic (exact) mass is 402 g/mol. The molecular formula is C14H23CuN6O4-. The van der Waals surface area contributed by atoms with Crippen molar-refractivity contribution in [2.45, 2.75) is 37.8 Å². The van der Waals surface area contributed by atoms with Crippen molar-refractivity contribution in [1.29, 1.82) is 0 Å². The molecule has 1 radical (unpaired) electrons. The van der Waals surface area contributed by atoms with Gasteiger partial charge in [0.2, 0.25) is 5.91 Å². The molecule has 0 bridgehead atoms. The molecule has 0 aromatic heterocycles. The van der Waals surface area contributed by atoms with Crippen LogP contribution in [0.15, 0.2) is 11.9 Å². The Bertz CT molecular complexity index is 488. The summed E-state index contributed by atoms with van der Waals surface area (Å²) in [7, 11) is 0. The van der Waals surface area contributed by atoms with E-state index in [1.807, 2.05) is 0 Å². The number of nitrogens with one attached hydrogen (secondary N) is 2. The van der Waals surface area contributed by atoms with Crippen LogP contribution in [-0.4, -0.2) is 49.6 Å². The number of hydrogen-bond acceptors (Lipinski definition) is 7. The van der Waals surface area contributed by atoms with Crippen molar-refractivity contribution >= 4 is 17.8 Å². The zero-order valence-corrected chi connectivity index (χ0v) is 14.6. The molecule has 6 N–H and O–H groups in total. The van der Waals surface area contributed by atoms with E-state index in [9.17, 15) is 19.5 Å². The summed E-state index contributed by atoms with van der Waals surface area (Å²) in [5, 5.41) is 24.2. The van der Waals surface area contributed by atoms with Crippen molar-refractivity contribution in [3.05, 3.63) is 22.5 Å². The minimum absolute atomic E-state index is 0. The maximum Gasteiger partial charge on any atom is 2.00 e. The van der Waals surface area contributed by atoms with Crippen molar-refractivity contribution in [3.8, 4) is 0 Å². The Labute approximate surface area is 157 Å². The van der Waals surface area contributed by atoms with Crippen molar-refractivity contribution < 1.29 is 36.6 Å². The van der Waals surface area contributed by atoms with Gasteiger partial charge in [-0.3, -0.25) is 4.79 Å². The van der Waals surface area contributed by atoms with Crippen LogP contribution in [0, 0.1) is 0 Å². The first-order valence-electron chi connectivity index (χ1n) is 7.73. The van der Waals surface area contributed by atoms with E-state index in [1.165, 1.54) is 0 Å². The molecule has 0 fully saturated rings. The van der Waals surface area contributed by atoms with Crippen LogP contribution in [0.3, 0.4) is 0 Å². The molecule has 2 atom stereocenters. The quantitative estimate of drug-likeness (QED) is 0.222. The van der Waals surface area contributed by atoms with Gasteiger partial charge in [0.1, 0.15) is 0 Å². The first-order valence-corrected chi connectivity index (χ1v) is 7.73. The summed E-state index contributed by atoms with van der Waals surface area (Å²) in [6, 6.07) is -2.25. The Balaban J connectivity index is 0.00000576. The number of nitrogens with zero attached hydrogens (tertiary/aromatic N) is 2. The number of carboxylic acid groups (broad SMARTS) is 1. The van der Waals surface area contributed by atoms with E-state index in [0.29, 0.717) is 31.8 Å². The molecule has 1 aliphatic heterocycles. The molecule has 1 rings (SSSR count). The van der Waals surface area contributed by atoms with Gasteiger partial charge >= 0.3 is 17.1 Å². The summed E-state index contributed by atoms with van der Waals surface area (Å²) in [5.74, 6) is -2.72. The van der Waals surface area contributed by atoms with E-state index in [1.54, 1.807) is 6.20 Å². The van der Waals surface area contributed by atoms with E-state index in [2.05, 4.69) is 21.3 Å². The van der Waals surface area contributed by atoms with E-state index in [-0.39, 0.29) is 36.5 Å². The summed E-state index contributed by atoms with van der Waals surface area (Å²) >= 11 is 0.